The highest BCUT2D eigenvalue weighted by Crippen LogP contribution is 2.21. The molecule has 1 aliphatic heterocycles. The number of guanidine groups is 1. The maximum atomic E-state index is 6.23. The molecule has 1 aromatic heterocycles. The summed E-state index contributed by atoms with van der Waals surface area (Å²) in [7, 11) is 1.79. The zero-order valence-corrected chi connectivity index (χ0v) is 21.4. The molecule has 0 saturated carbocycles. The second-order valence-electron chi connectivity index (χ2n) is 7.12. The summed E-state index contributed by atoms with van der Waals surface area (Å²) in [6.07, 6.45) is 2.38. The number of piperidine rings is 1. The number of thiazole rings is 1. The maximum absolute atomic E-state index is 6.23. The first kappa shape index (κ1) is 24.7. The van der Waals surface area contributed by atoms with Crippen LogP contribution in [0.4, 0.5) is 0 Å². The molecule has 1 saturated heterocycles. The third-order valence-electron chi connectivity index (χ3n) is 5.00. The molecule has 2 heterocycles. The number of hydrogen-bond acceptors (Lipinski definition) is 4. The average molecular weight is 568 g/mol. The normalized spacial score (nSPS) is 15.8. The quantitative estimate of drug-likeness (QED) is 0.294. The van der Waals surface area contributed by atoms with Gasteiger partial charge in [0.2, 0.25) is 0 Å². The Morgan fingerprint density at radius 2 is 2.03 bits per heavy atom. The first-order valence-electron chi connectivity index (χ1n) is 9.55. The third kappa shape index (κ3) is 7.86. The van der Waals surface area contributed by atoms with Crippen molar-refractivity contribution in [3.8, 4) is 0 Å². The smallest absolute Gasteiger partial charge is 0.191 e. The molecule has 2 N–H and O–H groups in total. The molecule has 0 bridgehead atoms. The largest absolute Gasteiger partial charge is 0.356 e. The van der Waals surface area contributed by atoms with E-state index in [0.717, 1.165) is 42.7 Å². The minimum Gasteiger partial charge on any atom is -0.356 e. The van der Waals surface area contributed by atoms with Gasteiger partial charge in [-0.2, -0.15) is 0 Å². The van der Waals surface area contributed by atoms with Crippen molar-refractivity contribution in [3.05, 3.63) is 49.9 Å². The first-order chi connectivity index (χ1) is 13.5. The highest BCUT2D eigenvalue weighted by molar-refractivity contribution is 14.0. The predicted octanol–water partition coefficient (Wildman–Crippen LogP) is 4.95. The van der Waals surface area contributed by atoms with Gasteiger partial charge < -0.3 is 10.6 Å². The van der Waals surface area contributed by atoms with Gasteiger partial charge in [-0.15, -0.1) is 35.3 Å². The molecule has 0 radical (unpaired) electrons. The molecule has 1 aliphatic rings. The van der Waals surface area contributed by atoms with Crippen LogP contribution in [0.3, 0.4) is 0 Å². The number of aliphatic imine (C=N–C) groups is 1. The van der Waals surface area contributed by atoms with Crippen LogP contribution in [0.2, 0.25) is 10.0 Å². The van der Waals surface area contributed by atoms with Gasteiger partial charge in [0, 0.05) is 42.1 Å². The van der Waals surface area contributed by atoms with Gasteiger partial charge in [0.1, 0.15) is 0 Å². The van der Waals surface area contributed by atoms with E-state index in [4.69, 9.17) is 23.2 Å². The van der Waals surface area contributed by atoms with Crippen molar-refractivity contribution in [2.45, 2.75) is 32.9 Å². The van der Waals surface area contributed by atoms with Crippen molar-refractivity contribution in [1.29, 1.82) is 0 Å². The molecule has 0 amide bonds. The van der Waals surface area contributed by atoms with Crippen molar-refractivity contribution in [2.75, 3.05) is 26.7 Å². The van der Waals surface area contributed by atoms with Crippen LogP contribution in [0.15, 0.2) is 28.6 Å². The molecular formula is C20H28Cl2IN5S. The van der Waals surface area contributed by atoms with Crippen LogP contribution >= 0.6 is 58.5 Å². The number of nitrogens with zero attached hydrogens (tertiary/aromatic N) is 3. The van der Waals surface area contributed by atoms with E-state index < -0.39 is 0 Å². The Morgan fingerprint density at radius 1 is 1.28 bits per heavy atom. The second kappa shape index (κ2) is 12.3. The summed E-state index contributed by atoms with van der Waals surface area (Å²) >= 11 is 13.9. The van der Waals surface area contributed by atoms with Gasteiger partial charge >= 0.3 is 0 Å². The Balaban J connectivity index is 0.00000300. The van der Waals surface area contributed by atoms with Crippen molar-refractivity contribution in [2.24, 2.45) is 10.9 Å². The lowest BCUT2D eigenvalue weighted by Crippen LogP contribution is -2.42. The molecule has 0 unspecified atom stereocenters. The summed E-state index contributed by atoms with van der Waals surface area (Å²) in [5.74, 6) is 1.46. The van der Waals surface area contributed by atoms with E-state index in [9.17, 15) is 0 Å². The van der Waals surface area contributed by atoms with Crippen molar-refractivity contribution < 1.29 is 0 Å². The fraction of sp³-hybridized carbons (Fsp3) is 0.500. The van der Waals surface area contributed by atoms with E-state index in [-0.39, 0.29) is 24.0 Å². The Kier molecular flexibility index (Phi) is 10.5. The van der Waals surface area contributed by atoms with Crippen molar-refractivity contribution >= 4 is 64.5 Å². The van der Waals surface area contributed by atoms with Gasteiger partial charge in [0.25, 0.3) is 0 Å². The number of hydrogen-bond donors (Lipinski definition) is 2. The second-order valence-corrected chi connectivity index (χ2v) is 9.03. The van der Waals surface area contributed by atoms with Gasteiger partial charge in [0.05, 0.1) is 10.7 Å². The molecule has 160 valence electrons. The van der Waals surface area contributed by atoms with E-state index in [1.54, 1.807) is 24.5 Å². The summed E-state index contributed by atoms with van der Waals surface area (Å²) < 4.78 is 0. The number of rotatable bonds is 6. The predicted molar refractivity (Wildman–Crippen MR) is 135 cm³/mol. The van der Waals surface area contributed by atoms with Gasteiger partial charge in [-0.3, -0.25) is 9.89 Å². The summed E-state index contributed by atoms with van der Waals surface area (Å²) in [6.45, 7) is 6.81. The van der Waals surface area contributed by atoms with Crippen LogP contribution in [-0.2, 0) is 13.1 Å². The van der Waals surface area contributed by atoms with Crippen LogP contribution in [0.5, 0.6) is 0 Å². The zero-order valence-electron chi connectivity index (χ0n) is 16.8. The van der Waals surface area contributed by atoms with Gasteiger partial charge in [0.15, 0.2) is 5.96 Å². The van der Waals surface area contributed by atoms with E-state index in [2.05, 4.69) is 37.8 Å². The number of benzene rings is 1. The topological polar surface area (TPSA) is 52.6 Å². The minimum absolute atomic E-state index is 0. The fourth-order valence-electron chi connectivity index (χ4n) is 3.36. The zero-order chi connectivity index (χ0) is 19.9. The number of aryl methyl sites for hydroxylation is 1. The number of halogens is 3. The molecule has 9 heteroatoms. The molecule has 5 nitrogen and oxygen atoms in total. The van der Waals surface area contributed by atoms with Crippen LogP contribution < -0.4 is 10.6 Å². The molecule has 2 aromatic rings. The molecule has 1 fully saturated rings. The SMILES string of the molecule is CN=C(NCc1ccc(Cl)cc1Cl)NCC1CCN(Cc2csc(C)n2)CC1.I. The molecule has 1 aromatic carbocycles. The summed E-state index contributed by atoms with van der Waals surface area (Å²) in [5, 5.41) is 11.4. The van der Waals surface area contributed by atoms with E-state index in [1.165, 1.54) is 18.5 Å². The Hall–Kier alpha value is -0.610. The van der Waals surface area contributed by atoms with Crippen LogP contribution in [-0.4, -0.2) is 42.5 Å². The Labute approximate surface area is 204 Å². The van der Waals surface area contributed by atoms with Crippen LogP contribution in [0.25, 0.3) is 0 Å². The van der Waals surface area contributed by atoms with Crippen molar-refractivity contribution in [1.82, 2.24) is 20.5 Å². The molecule has 0 aliphatic carbocycles. The van der Waals surface area contributed by atoms with Crippen LogP contribution in [0, 0.1) is 12.8 Å². The third-order valence-corrected chi connectivity index (χ3v) is 6.41. The lowest BCUT2D eigenvalue weighted by molar-refractivity contribution is 0.176. The van der Waals surface area contributed by atoms with Crippen LogP contribution in [0.1, 0.15) is 29.1 Å². The maximum Gasteiger partial charge on any atom is 0.191 e. The molecule has 0 spiro atoms. The molecule has 29 heavy (non-hydrogen) atoms. The highest BCUT2D eigenvalue weighted by Gasteiger charge is 2.20. The van der Waals surface area contributed by atoms with E-state index in [0.29, 0.717) is 22.5 Å². The summed E-state index contributed by atoms with van der Waals surface area (Å²) in [4.78, 5) is 11.4. The minimum atomic E-state index is 0. The van der Waals surface area contributed by atoms with Crippen molar-refractivity contribution in [3.63, 3.8) is 0 Å². The van der Waals surface area contributed by atoms with Gasteiger partial charge in [-0.25, -0.2) is 4.98 Å². The Bertz CT molecular complexity index is 806. The highest BCUT2D eigenvalue weighted by atomic mass is 127. The number of likely N-dealkylation sites (tertiary alicyclic amines) is 1. The standard InChI is InChI=1S/C20H27Cl2N5S.HI/c1-14-26-18(13-28-14)12-27-7-5-15(6-8-27)10-24-20(23-2)25-11-16-3-4-17(21)9-19(16)22;/h3-4,9,13,15H,5-8,10-12H2,1-2H3,(H2,23,24,25);1H. The van der Waals surface area contributed by atoms with E-state index >= 15 is 0 Å². The van der Waals surface area contributed by atoms with Gasteiger partial charge in [-0.1, -0.05) is 29.3 Å². The summed E-state index contributed by atoms with van der Waals surface area (Å²) in [5.41, 5.74) is 2.20. The molecule has 3 rings (SSSR count). The molecular weight excluding hydrogens is 540 g/mol. The number of nitrogens with one attached hydrogen (secondary N) is 2. The first-order valence-corrected chi connectivity index (χ1v) is 11.2. The fourth-order valence-corrected chi connectivity index (χ4v) is 4.44. The van der Waals surface area contributed by atoms with E-state index in [1.807, 2.05) is 12.1 Å². The average Bonchev–Trinajstić information content (AvgIpc) is 3.09. The Morgan fingerprint density at radius 3 is 2.66 bits per heavy atom. The lowest BCUT2D eigenvalue weighted by Gasteiger charge is -2.31. The summed E-state index contributed by atoms with van der Waals surface area (Å²) in [6, 6.07) is 5.54. The monoisotopic (exact) mass is 567 g/mol. The number of aromatic nitrogens is 1. The lowest BCUT2D eigenvalue weighted by atomic mass is 9.97. The van der Waals surface area contributed by atoms with Gasteiger partial charge in [-0.05, 0) is 56.5 Å². The molecule has 0 atom stereocenters.